The molecule has 0 spiro atoms. The van der Waals surface area contributed by atoms with Gasteiger partial charge < -0.3 is 10.1 Å². The number of carbonyl (C=O) groups is 1. The lowest BCUT2D eigenvalue weighted by atomic mass is 10.3. The van der Waals surface area contributed by atoms with Crippen molar-refractivity contribution in [2.75, 3.05) is 13.7 Å². The Morgan fingerprint density at radius 1 is 1.59 bits per heavy atom. The van der Waals surface area contributed by atoms with Gasteiger partial charge in [0.05, 0.1) is 12.3 Å². The van der Waals surface area contributed by atoms with Crippen molar-refractivity contribution >= 4 is 5.91 Å². The predicted molar refractivity (Wildman–Crippen MR) is 65.8 cm³/mol. The SMILES string of the molecule is COCC(C)NC(=O)CCn1nc(C)cc1C. The molecule has 5 heteroatoms. The third-order valence-electron chi connectivity index (χ3n) is 2.48. The van der Waals surface area contributed by atoms with Gasteiger partial charge in [-0.3, -0.25) is 9.48 Å². The van der Waals surface area contributed by atoms with E-state index in [0.29, 0.717) is 19.6 Å². The average Bonchev–Trinajstić information content (AvgIpc) is 2.54. The van der Waals surface area contributed by atoms with Crippen molar-refractivity contribution in [1.82, 2.24) is 15.1 Å². The molecule has 0 saturated heterocycles. The number of methoxy groups -OCH3 is 1. The van der Waals surface area contributed by atoms with Crippen molar-refractivity contribution in [1.29, 1.82) is 0 Å². The third-order valence-corrected chi connectivity index (χ3v) is 2.48. The number of aromatic nitrogens is 2. The first-order valence-electron chi connectivity index (χ1n) is 5.82. The Bertz CT molecular complexity index is 374. The molecular weight excluding hydrogens is 218 g/mol. The minimum atomic E-state index is 0.0297. The number of hydrogen-bond donors (Lipinski definition) is 1. The second kappa shape index (κ2) is 6.39. The molecule has 1 amide bonds. The average molecular weight is 239 g/mol. The lowest BCUT2D eigenvalue weighted by Crippen LogP contribution is -2.36. The Morgan fingerprint density at radius 2 is 2.29 bits per heavy atom. The Hall–Kier alpha value is -1.36. The molecule has 17 heavy (non-hydrogen) atoms. The van der Waals surface area contributed by atoms with Crippen LogP contribution in [-0.2, 0) is 16.1 Å². The maximum atomic E-state index is 11.6. The zero-order valence-corrected chi connectivity index (χ0v) is 11.0. The minimum absolute atomic E-state index is 0.0297. The summed E-state index contributed by atoms with van der Waals surface area (Å²) < 4.78 is 6.81. The van der Waals surface area contributed by atoms with Crippen molar-refractivity contribution in [2.45, 2.75) is 39.8 Å². The highest BCUT2D eigenvalue weighted by atomic mass is 16.5. The molecule has 0 aliphatic carbocycles. The summed E-state index contributed by atoms with van der Waals surface area (Å²) in [6, 6.07) is 2.05. The van der Waals surface area contributed by atoms with Crippen LogP contribution in [0.15, 0.2) is 6.07 Å². The monoisotopic (exact) mass is 239 g/mol. The van der Waals surface area contributed by atoms with E-state index in [2.05, 4.69) is 10.4 Å². The molecule has 0 aliphatic rings. The first-order valence-corrected chi connectivity index (χ1v) is 5.82. The Labute approximate surface area is 102 Å². The number of amides is 1. The Kier molecular flexibility index (Phi) is 5.15. The Balaban J connectivity index is 2.35. The molecule has 0 aliphatic heterocycles. The van der Waals surface area contributed by atoms with Crippen LogP contribution in [0.2, 0.25) is 0 Å². The molecule has 1 atom stereocenters. The summed E-state index contributed by atoms with van der Waals surface area (Å²) >= 11 is 0. The van der Waals surface area contributed by atoms with Crippen molar-refractivity contribution in [3.63, 3.8) is 0 Å². The second-order valence-corrected chi connectivity index (χ2v) is 4.32. The third kappa shape index (κ3) is 4.56. The van der Waals surface area contributed by atoms with E-state index in [4.69, 9.17) is 4.74 Å². The van der Waals surface area contributed by atoms with Gasteiger partial charge in [-0.1, -0.05) is 0 Å². The van der Waals surface area contributed by atoms with Crippen molar-refractivity contribution in [3.8, 4) is 0 Å². The van der Waals surface area contributed by atoms with E-state index >= 15 is 0 Å². The highest BCUT2D eigenvalue weighted by Crippen LogP contribution is 2.02. The van der Waals surface area contributed by atoms with E-state index in [-0.39, 0.29) is 11.9 Å². The fourth-order valence-electron chi connectivity index (χ4n) is 1.75. The van der Waals surface area contributed by atoms with Crippen molar-refractivity contribution < 1.29 is 9.53 Å². The van der Waals surface area contributed by atoms with Gasteiger partial charge in [-0.25, -0.2) is 0 Å². The van der Waals surface area contributed by atoms with Crippen LogP contribution in [0.1, 0.15) is 24.7 Å². The first-order chi connectivity index (χ1) is 8.02. The van der Waals surface area contributed by atoms with Crippen LogP contribution < -0.4 is 5.32 Å². The summed E-state index contributed by atoms with van der Waals surface area (Å²) in [5.41, 5.74) is 2.07. The molecule has 0 saturated carbocycles. The maximum absolute atomic E-state index is 11.6. The quantitative estimate of drug-likeness (QED) is 0.807. The van der Waals surface area contributed by atoms with Gasteiger partial charge in [0.2, 0.25) is 5.91 Å². The lowest BCUT2D eigenvalue weighted by Gasteiger charge is -2.12. The van der Waals surface area contributed by atoms with Crippen LogP contribution in [-0.4, -0.2) is 35.4 Å². The number of nitrogens with zero attached hydrogens (tertiary/aromatic N) is 2. The van der Waals surface area contributed by atoms with Gasteiger partial charge in [-0.2, -0.15) is 5.10 Å². The normalized spacial score (nSPS) is 12.5. The van der Waals surface area contributed by atoms with Gasteiger partial charge in [0.1, 0.15) is 0 Å². The summed E-state index contributed by atoms with van der Waals surface area (Å²) in [7, 11) is 1.62. The Morgan fingerprint density at radius 3 is 2.82 bits per heavy atom. The van der Waals surface area contributed by atoms with E-state index in [1.165, 1.54) is 0 Å². The molecular formula is C12H21N3O2. The standard InChI is InChI=1S/C12H21N3O2/c1-9-7-11(3)15(14-9)6-5-12(16)13-10(2)8-17-4/h7,10H,5-6,8H2,1-4H3,(H,13,16). The number of hydrogen-bond acceptors (Lipinski definition) is 3. The highest BCUT2D eigenvalue weighted by molar-refractivity contribution is 5.76. The molecule has 96 valence electrons. The van der Waals surface area contributed by atoms with E-state index in [9.17, 15) is 4.79 Å². The molecule has 0 radical (unpaired) electrons. The van der Waals surface area contributed by atoms with Crippen LogP contribution in [0.3, 0.4) is 0 Å². The molecule has 1 aromatic rings. The maximum Gasteiger partial charge on any atom is 0.222 e. The van der Waals surface area contributed by atoms with Crippen molar-refractivity contribution in [2.24, 2.45) is 0 Å². The topological polar surface area (TPSA) is 56.1 Å². The number of ether oxygens (including phenoxy) is 1. The molecule has 1 unspecified atom stereocenters. The van der Waals surface area contributed by atoms with Crippen LogP contribution in [0.5, 0.6) is 0 Å². The van der Waals surface area contributed by atoms with Gasteiger partial charge in [0.25, 0.3) is 0 Å². The number of rotatable bonds is 6. The number of aryl methyl sites for hydroxylation is 3. The van der Waals surface area contributed by atoms with Gasteiger partial charge in [0, 0.05) is 31.8 Å². The molecule has 1 rings (SSSR count). The summed E-state index contributed by atoms with van der Waals surface area (Å²) in [4.78, 5) is 11.6. The van der Waals surface area contributed by atoms with Crippen LogP contribution in [0.25, 0.3) is 0 Å². The fraction of sp³-hybridized carbons (Fsp3) is 0.667. The zero-order chi connectivity index (χ0) is 12.8. The second-order valence-electron chi connectivity index (χ2n) is 4.32. The molecule has 0 aromatic carbocycles. The van der Waals surface area contributed by atoms with Crippen LogP contribution in [0, 0.1) is 13.8 Å². The molecule has 1 aromatic heterocycles. The number of nitrogens with one attached hydrogen (secondary N) is 1. The van der Waals surface area contributed by atoms with Gasteiger partial charge in [-0.15, -0.1) is 0 Å². The fourth-order valence-corrected chi connectivity index (χ4v) is 1.75. The minimum Gasteiger partial charge on any atom is -0.383 e. The van der Waals surface area contributed by atoms with E-state index in [1.807, 2.05) is 31.5 Å². The van der Waals surface area contributed by atoms with Crippen LogP contribution in [0.4, 0.5) is 0 Å². The smallest absolute Gasteiger partial charge is 0.222 e. The molecule has 0 fully saturated rings. The van der Waals surface area contributed by atoms with E-state index < -0.39 is 0 Å². The zero-order valence-electron chi connectivity index (χ0n) is 11.0. The van der Waals surface area contributed by atoms with Crippen molar-refractivity contribution in [3.05, 3.63) is 17.5 Å². The molecule has 5 nitrogen and oxygen atoms in total. The lowest BCUT2D eigenvalue weighted by molar-refractivity contribution is -0.122. The number of carbonyl (C=O) groups excluding carboxylic acids is 1. The van der Waals surface area contributed by atoms with E-state index in [0.717, 1.165) is 11.4 Å². The largest absolute Gasteiger partial charge is 0.383 e. The van der Waals surface area contributed by atoms with Gasteiger partial charge >= 0.3 is 0 Å². The summed E-state index contributed by atoms with van der Waals surface area (Å²) in [5, 5.41) is 7.18. The first kappa shape index (κ1) is 13.7. The molecule has 1 heterocycles. The van der Waals surface area contributed by atoms with Gasteiger partial charge in [0.15, 0.2) is 0 Å². The molecule has 1 N–H and O–H groups in total. The summed E-state index contributed by atoms with van der Waals surface area (Å²) in [5.74, 6) is 0.0297. The summed E-state index contributed by atoms with van der Waals surface area (Å²) in [6.07, 6.45) is 0.440. The van der Waals surface area contributed by atoms with Crippen LogP contribution >= 0.6 is 0 Å². The van der Waals surface area contributed by atoms with E-state index in [1.54, 1.807) is 7.11 Å². The molecule has 0 bridgehead atoms. The highest BCUT2D eigenvalue weighted by Gasteiger charge is 2.08. The predicted octanol–water partition coefficient (Wildman–Crippen LogP) is 1.04. The van der Waals surface area contributed by atoms with Gasteiger partial charge in [-0.05, 0) is 26.8 Å². The summed E-state index contributed by atoms with van der Waals surface area (Å²) in [6.45, 7) is 7.01.